The summed E-state index contributed by atoms with van der Waals surface area (Å²) in [7, 11) is 0. The third kappa shape index (κ3) is 3.75. The van der Waals surface area contributed by atoms with E-state index in [4.69, 9.17) is 0 Å². The summed E-state index contributed by atoms with van der Waals surface area (Å²) in [5.41, 5.74) is 1.36. The summed E-state index contributed by atoms with van der Waals surface area (Å²) >= 11 is 0. The zero-order valence-electron chi connectivity index (χ0n) is 15.8. The van der Waals surface area contributed by atoms with Crippen molar-refractivity contribution in [2.45, 2.75) is 20.0 Å². The number of carbonyl (C=O) groups is 1. The summed E-state index contributed by atoms with van der Waals surface area (Å²) in [5, 5.41) is 0. The van der Waals surface area contributed by atoms with Crippen LogP contribution in [0.15, 0.2) is 76.6 Å². The minimum Gasteiger partial charge on any atom is -0.324 e. The number of ketones is 1. The van der Waals surface area contributed by atoms with Crippen LogP contribution in [-0.4, -0.2) is 24.9 Å². The van der Waals surface area contributed by atoms with Crippen LogP contribution in [0.2, 0.25) is 0 Å². The Morgan fingerprint density at radius 3 is 2.52 bits per heavy atom. The van der Waals surface area contributed by atoms with Gasteiger partial charge in [-0.3, -0.25) is 19.1 Å². The molecule has 7 heteroatoms. The highest BCUT2D eigenvalue weighted by Gasteiger charge is 2.19. The average molecular weight is 386 g/mol. The molecule has 2 aliphatic heterocycles. The van der Waals surface area contributed by atoms with E-state index in [1.54, 1.807) is 54.9 Å². The molecular formula is C22H18N4O3. The Morgan fingerprint density at radius 2 is 1.79 bits per heavy atom. The number of benzene rings is 1. The van der Waals surface area contributed by atoms with Crippen LogP contribution in [0.5, 0.6) is 0 Å². The van der Waals surface area contributed by atoms with Crippen molar-refractivity contribution >= 4 is 5.78 Å². The number of hydrogen-bond acceptors (Lipinski definition) is 5. The molecule has 0 saturated heterocycles. The highest BCUT2D eigenvalue weighted by atomic mass is 16.2. The van der Waals surface area contributed by atoms with Crippen molar-refractivity contribution in [1.82, 2.24) is 19.1 Å². The number of hydrogen-bond donors (Lipinski definition) is 0. The van der Waals surface area contributed by atoms with Crippen molar-refractivity contribution in [2.75, 3.05) is 0 Å². The molecule has 0 N–H and O–H groups in total. The fourth-order valence-corrected chi connectivity index (χ4v) is 3.12. The molecule has 0 radical (unpaired) electrons. The van der Waals surface area contributed by atoms with Gasteiger partial charge >= 0.3 is 5.69 Å². The molecule has 144 valence electrons. The lowest BCUT2D eigenvalue weighted by molar-refractivity contribution is 0.0972. The van der Waals surface area contributed by atoms with Crippen molar-refractivity contribution in [3.05, 3.63) is 105 Å². The molecule has 1 aromatic carbocycles. The van der Waals surface area contributed by atoms with Crippen LogP contribution in [0.3, 0.4) is 0 Å². The first kappa shape index (κ1) is 18.5. The van der Waals surface area contributed by atoms with Gasteiger partial charge in [-0.25, -0.2) is 4.79 Å². The van der Waals surface area contributed by atoms with Gasteiger partial charge in [0, 0.05) is 18.0 Å². The molecule has 2 aliphatic rings. The van der Waals surface area contributed by atoms with Crippen molar-refractivity contribution in [3.8, 4) is 11.4 Å². The Balaban J connectivity index is 1.72. The number of pyridine rings is 2. The zero-order chi connectivity index (χ0) is 20.4. The normalized spacial score (nSPS) is 10.9. The first-order valence-corrected chi connectivity index (χ1v) is 9.13. The standard InChI is InChI=1S/C22H18N4O3/c1-15-7-9-16(10-8-15)19(27)14-25-12-4-6-18-20(25)24-22(29)26(21(18)28)13-17-5-2-3-11-23-17/h2-12H,13-14H2,1H3. The summed E-state index contributed by atoms with van der Waals surface area (Å²) in [6, 6.07) is 15.8. The van der Waals surface area contributed by atoms with Gasteiger partial charge in [-0.1, -0.05) is 35.9 Å². The number of aryl methyl sites for hydroxylation is 1. The summed E-state index contributed by atoms with van der Waals surface area (Å²) in [5.74, 6) is 0.0645. The average Bonchev–Trinajstić information content (AvgIpc) is 2.73. The second-order valence-electron chi connectivity index (χ2n) is 6.77. The van der Waals surface area contributed by atoms with E-state index in [0.717, 1.165) is 10.1 Å². The molecule has 0 bridgehead atoms. The minimum atomic E-state index is -0.670. The van der Waals surface area contributed by atoms with Crippen molar-refractivity contribution in [3.63, 3.8) is 0 Å². The maximum absolute atomic E-state index is 12.9. The molecule has 0 aliphatic carbocycles. The van der Waals surface area contributed by atoms with E-state index in [1.165, 1.54) is 4.57 Å². The summed E-state index contributed by atoms with van der Waals surface area (Å²) < 4.78 is 2.59. The van der Waals surface area contributed by atoms with E-state index < -0.39 is 11.2 Å². The molecule has 1 aromatic heterocycles. The van der Waals surface area contributed by atoms with Crippen molar-refractivity contribution < 1.29 is 4.79 Å². The van der Waals surface area contributed by atoms with Gasteiger partial charge in [0.25, 0.3) is 5.56 Å². The van der Waals surface area contributed by atoms with Crippen LogP contribution < -0.4 is 11.2 Å². The van der Waals surface area contributed by atoms with Gasteiger partial charge in [0.2, 0.25) is 0 Å². The van der Waals surface area contributed by atoms with Gasteiger partial charge in [-0.15, -0.1) is 0 Å². The van der Waals surface area contributed by atoms with Crippen LogP contribution in [0.4, 0.5) is 0 Å². The molecular weight excluding hydrogens is 368 g/mol. The zero-order valence-corrected chi connectivity index (χ0v) is 15.8. The number of rotatable bonds is 5. The van der Waals surface area contributed by atoms with Gasteiger partial charge in [0.05, 0.1) is 24.3 Å². The topological polar surface area (TPSA) is 86.9 Å². The van der Waals surface area contributed by atoms with Crippen LogP contribution >= 0.6 is 0 Å². The lowest BCUT2D eigenvalue weighted by Gasteiger charge is -2.14. The van der Waals surface area contributed by atoms with Gasteiger partial charge in [0.15, 0.2) is 11.6 Å². The Hall–Kier alpha value is -3.87. The SMILES string of the molecule is Cc1ccc(C(=O)Cn2cccc3c(=O)n(Cc4ccccn4)c(=O)nc2-3)cc1. The maximum Gasteiger partial charge on any atom is 0.352 e. The molecule has 0 saturated carbocycles. The molecule has 0 spiro atoms. The van der Waals surface area contributed by atoms with Crippen molar-refractivity contribution in [2.24, 2.45) is 0 Å². The molecule has 0 atom stereocenters. The number of carbonyl (C=O) groups excluding carboxylic acids is 1. The second-order valence-corrected chi connectivity index (χ2v) is 6.77. The molecule has 2 aromatic rings. The first-order valence-electron chi connectivity index (χ1n) is 9.13. The largest absolute Gasteiger partial charge is 0.352 e. The molecule has 4 rings (SSSR count). The number of fused-ring (bicyclic) bond motifs is 1. The van der Waals surface area contributed by atoms with Crippen LogP contribution in [-0.2, 0) is 13.1 Å². The highest BCUT2D eigenvalue weighted by Crippen LogP contribution is 2.15. The predicted octanol–water partition coefficient (Wildman–Crippen LogP) is 2.14. The molecule has 3 heterocycles. The van der Waals surface area contributed by atoms with E-state index in [1.807, 2.05) is 19.1 Å². The third-order valence-electron chi connectivity index (χ3n) is 4.68. The van der Waals surface area contributed by atoms with Gasteiger partial charge in [0.1, 0.15) is 0 Å². The Labute approximate surface area is 166 Å². The van der Waals surface area contributed by atoms with E-state index >= 15 is 0 Å². The van der Waals surface area contributed by atoms with Gasteiger partial charge < -0.3 is 4.57 Å². The van der Waals surface area contributed by atoms with E-state index in [2.05, 4.69) is 9.97 Å². The van der Waals surface area contributed by atoms with Crippen molar-refractivity contribution in [1.29, 1.82) is 0 Å². The molecule has 0 fully saturated rings. The first-order chi connectivity index (χ1) is 14.0. The Morgan fingerprint density at radius 1 is 1.00 bits per heavy atom. The van der Waals surface area contributed by atoms with E-state index in [0.29, 0.717) is 11.3 Å². The molecule has 0 unspecified atom stereocenters. The smallest absolute Gasteiger partial charge is 0.324 e. The van der Waals surface area contributed by atoms with Crippen LogP contribution in [0.1, 0.15) is 21.6 Å². The highest BCUT2D eigenvalue weighted by molar-refractivity contribution is 5.96. The fraction of sp³-hybridized carbons (Fsp3) is 0.136. The van der Waals surface area contributed by atoms with E-state index in [-0.39, 0.29) is 30.3 Å². The predicted molar refractivity (Wildman–Crippen MR) is 108 cm³/mol. The van der Waals surface area contributed by atoms with Gasteiger partial charge in [-0.2, -0.15) is 4.98 Å². The lowest BCUT2D eigenvalue weighted by atomic mass is 10.1. The summed E-state index contributed by atoms with van der Waals surface area (Å²) in [6.07, 6.45) is 3.24. The van der Waals surface area contributed by atoms with Gasteiger partial charge in [-0.05, 0) is 31.2 Å². The molecule has 29 heavy (non-hydrogen) atoms. The van der Waals surface area contributed by atoms with Crippen LogP contribution in [0, 0.1) is 6.92 Å². The number of aromatic nitrogens is 4. The Bertz CT molecular complexity index is 1260. The second kappa shape index (κ2) is 7.63. The lowest BCUT2D eigenvalue weighted by Crippen LogP contribution is -2.38. The minimum absolute atomic E-state index is 0.0173. The third-order valence-corrected chi connectivity index (χ3v) is 4.68. The van der Waals surface area contributed by atoms with E-state index in [9.17, 15) is 14.4 Å². The fourth-order valence-electron chi connectivity index (χ4n) is 3.12. The monoisotopic (exact) mass is 386 g/mol. The maximum atomic E-state index is 12.9. The quantitative estimate of drug-likeness (QED) is 0.491. The number of nitrogens with zero attached hydrogens (tertiary/aromatic N) is 4. The summed E-state index contributed by atoms with van der Waals surface area (Å²) in [6.45, 7) is 1.97. The summed E-state index contributed by atoms with van der Waals surface area (Å²) in [4.78, 5) is 46.3. The Kier molecular flexibility index (Phi) is 4.87. The van der Waals surface area contributed by atoms with Crippen LogP contribution in [0.25, 0.3) is 11.4 Å². The molecule has 7 nitrogen and oxygen atoms in total. The molecule has 0 amide bonds. The number of Topliss-reactive ketones (excluding diaryl/α,β-unsaturated/α-hetero) is 1.